The third kappa shape index (κ3) is 4.24. The fraction of sp³-hybridized carbons (Fsp3) is 0.0500. The molecule has 4 rings (SSSR count). The molecule has 29 heavy (non-hydrogen) atoms. The quantitative estimate of drug-likeness (QED) is 0.544. The predicted molar refractivity (Wildman–Crippen MR) is 101 cm³/mol. The van der Waals surface area contributed by atoms with E-state index in [4.69, 9.17) is 4.74 Å². The molecule has 9 heteroatoms. The molecule has 1 amide bonds. The van der Waals surface area contributed by atoms with Crippen LogP contribution in [0.15, 0.2) is 73.6 Å². The first-order valence-electron chi connectivity index (χ1n) is 8.66. The van der Waals surface area contributed by atoms with Crippen LogP contribution in [0.25, 0.3) is 5.82 Å². The highest BCUT2D eigenvalue weighted by Gasteiger charge is 2.15. The van der Waals surface area contributed by atoms with E-state index in [0.717, 1.165) is 0 Å². The fourth-order valence-electron chi connectivity index (χ4n) is 2.64. The van der Waals surface area contributed by atoms with Crippen molar-refractivity contribution in [1.29, 1.82) is 0 Å². The standard InChI is InChI=1S/C20H15FN6O2/c21-15-5-1-6-16(10-15)29-20-14(4-2-9-24-20)11-25-19(28)17-7-3-8-23-18(17)27-13-22-12-26-27/h1-10,12-13H,11H2,(H,25,28). The summed E-state index contributed by atoms with van der Waals surface area (Å²) < 4.78 is 20.5. The Hall–Kier alpha value is -4.14. The minimum Gasteiger partial charge on any atom is -0.439 e. The van der Waals surface area contributed by atoms with E-state index in [1.807, 2.05) is 0 Å². The van der Waals surface area contributed by atoms with Crippen molar-refractivity contribution >= 4 is 5.91 Å². The summed E-state index contributed by atoms with van der Waals surface area (Å²) in [6.07, 6.45) is 5.96. The van der Waals surface area contributed by atoms with E-state index in [1.54, 1.807) is 48.8 Å². The Kier molecular flexibility index (Phi) is 5.19. The van der Waals surface area contributed by atoms with Crippen LogP contribution in [0.1, 0.15) is 15.9 Å². The smallest absolute Gasteiger partial charge is 0.255 e. The summed E-state index contributed by atoms with van der Waals surface area (Å²) in [4.78, 5) is 25.0. The number of halogens is 1. The lowest BCUT2D eigenvalue weighted by atomic mass is 10.2. The molecule has 1 N–H and O–H groups in total. The number of benzene rings is 1. The first kappa shape index (κ1) is 18.2. The Morgan fingerprint density at radius 3 is 2.79 bits per heavy atom. The molecule has 4 aromatic rings. The molecule has 0 radical (unpaired) electrons. The highest BCUT2D eigenvalue weighted by molar-refractivity contribution is 5.97. The number of carbonyl (C=O) groups is 1. The largest absolute Gasteiger partial charge is 0.439 e. The maximum Gasteiger partial charge on any atom is 0.255 e. The van der Waals surface area contributed by atoms with Gasteiger partial charge in [-0.2, -0.15) is 5.10 Å². The van der Waals surface area contributed by atoms with Gasteiger partial charge in [-0.3, -0.25) is 4.79 Å². The average molecular weight is 390 g/mol. The van der Waals surface area contributed by atoms with Crippen molar-refractivity contribution < 1.29 is 13.9 Å². The zero-order valence-electron chi connectivity index (χ0n) is 15.1. The normalized spacial score (nSPS) is 10.5. The van der Waals surface area contributed by atoms with Crippen molar-refractivity contribution in [2.24, 2.45) is 0 Å². The van der Waals surface area contributed by atoms with E-state index < -0.39 is 5.82 Å². The summed E-state index contributed by atoms with van der Waals surface area (Å²) in [6, 6.07) is 12.6. The van der Waals surface area contributed by atoms with Crippen LogP contribution in [-0.2, 0) is 6.54 Å². The molecule has 3 aromatic heterocycles. The van der Waals surface area contributed by atoms with E-state index in [0.29, 0.717) is 22.7 Å². The molecular weight excluding hydrogens is 375 g/mol. The second kappa shape index (κ2) is 8.26. The Balaban J connectivity index is 1.51. The molecule has 1 aromatic carbocycles. The minimum atomic E-state index is -0.412. The molecule has 0 aliphatic carbocycles. The monoisotopic (exact) mass is 390 g/mol. The van der Waals surface area contributed by atoms with Gasteiger partial charge in [0.25, 0.3) is 5.91 Å². The molecule has 0 aliphatic heterocycles. The Morgan fingerprint density at radius 1 is 1.10 bits per heavy atom. The number of amides is 1. The summed E-state index contributed by atoms with van der Waals surface area (Å²) in [5, 5.41) is 6.84. The molecule has 0 atom stereocenters. The summed E-state index contributed by atoms with van der Waals surface area (Å²) in [6.45, 7) is 0.156. The zero-order valence-corrected chi connectivity index (χ0v) is 15.1. The van der Waals surface area contributed by atoms with Gasteiger partial charge in [-0.25, -0.2) is 24.0 Å². The SMILES string of the molecule is O=C(NCc1cccnc1Oc1cccc(F)c1)c1cccnc1-n1cncn1. The predicted octanol–water partition coefficient (Wildman–Crippen LogP) is 2.92. The lowest BCUT2D eigenvalue weighted by Gasteiger charge is -2.12. The molecule has 144 valence electrons. The first-order chi connectivity index (χ1) is 14.2. The van der Waals surface area contributed by atoms with Crippen LogP contribution in [0.2, 0.25) is 0 Å². The van der Waals surface area contributed by atoms with Gasteiger partial charge in [0.05, 0.1) is 5.56 Å². The lowest BCUT2D eigenvalue weighted by molar-refractivity contribution is 0.0950. The Bertz CT molecular complexity index is 1130. The zero-order chi connectivity index (χ0) is 20.1. The van der Waals surface area contributed by atoms with Gasteiger partial charge in [-0.05, 0) is 30.3 Å². The molecule has 0 unspecified atom stereocenters. The second-order valence-electron chi connectivity index (χ2n) is 5.92. The Morgan fingerprint density at radius 2 is 1.97 bits per heavy atom. The number of carbonyl (C=O) groups excluding carboxylic acids is 1. The van der Waals surface area contributed by atoms with Gasteiger partial charge in [-0.15, -0.1) is 0 Å². The first-order valence-corrected chi connectivity index (χ1v) is 8.66. The minimum absolute atomic E-state index is 0.156. The van der Waals surface area contributed by atoms with Crippen molar-refractivity contribution in [3.8, 4) is 17.4 Å². The average Bonchev–Trinajstić information content (AvgIpc) is 3.28. The third-order valence-corrected chi connectivity index (χ3v) is 3.97. The van der Waals surface area contributed by atoms with Crippen LogP contribution in [-0.4, -0.2) is 30.6 Å². The third-order valence-electron chi connectivity index (χ3n) is 3.97. The molecule has 8 nitrogen and oxygen atoms in total. The van der Waals surface area contributed by atoms with E-state index in [2.05, 4.69) is 25.4 Å². The van der Waals surface area contributed by atoms with Crippen LogP contribution < -0.4 is 10.1 Å². The molecule has 0 saturated carbocycles. The summed E-state index contributed by atoms with van der Waals surface area (Å²) in [5.74, 6) is 0.206. The van der Waals surface area contributed by atoms with Crippen LogP contribution in [0.4, 0.5) is 4.39 Å². The van der Waals surface area contributed by atoms with Crippen molar-refractivity contribution in [2.45, 2.75) is 6.54 Å². The number of nitrogens with zero attached hydrogens (tertiary/aromatic N) is 5. The summed E-state index contributed by atoms with van der Waals surface area (Å²) in [5.41, 5.74) is 0.978. The van der Waals surface area contributed by atoms with Crippen molar-refractivity contribution in [1.82, 2.24) is 30.0 Å². The van der Waals surface area contributed by atoms with Crippen molar-refractivity contribution in [3.63, 3.8) is 0 Å². The van der Waals surface area contributed by atoms with Crippen LogP contribution in [0.5, 0.6) is 11.6 Å². The molecule has 0 saturated heterocycles. The van der Waals surface area contributed by atoms with Gasteiger partial charge in [0.2, 0.25) is 5.88 Å². The Labute approximate surface area is 165 Å². The number of pyridine rings is 2. The maximum atomic E-state index is 13.4. The molecular formula is C20H15FN6O2. The molecule has 0 bridgehead atoms. The summed E-state index contributed by atoms with van der Waals surface area (Å²) >= 11 is 0. The number of ether oxygens (including phenoxy) is 1. The van der Waals surface area contributed by atoms with Gasteiger partial charge in [-0.1, -0.05) is 12.1 Å². The highest BCUT2D eigenvalue weighted by atomic mass is 19.1. The number of nitrogens with one attached hydrogen (secondary N) is 1. The number of rotatable bonds is 6. The topological polar surface area (TPSA) is 94.8 Å². The van der Waals surface area contributed by atoms with Gasteiger partial charge in [0.15, 0.2) is 5.82 Å². The number of hydrogen-bond acceptors (Lipinski definition) is 6. The number of hydrogen-bond donors (Lipinski definition) is 1. The molecule has 0 aliphatic rings. The maximum absolute atomic E-state index is 13.4. The fourth-order valence-corrected chi connectivity index (χ4v) is 2.64. The van der Waals surface area contributed by atoms with Crippen molar-refractivity contribution in [2.75, 3.05) is 0 Å². The van der Waals surface area contributed by atoms with E-state index >= 15 is 0 Å². The second-order valence-corrected chi connectivity index (χ2v) is 5.92. The molecule has 3 heterocycles. The van der Waals surface area contributed by atoms with E-state index in [9.17, 15) is 9.18 Å². The summed E-state index contributed by atoms with van der Waals surface area (Å²) in [7, 11) is 0. The molecule has 0 spiro atoms. The van der Waals surface area contributed by atoms with E-state index in [-0.39, 0.29) is 18.3 Å². The van der Waals surface area contributed by atoms with Gasteiger partial charge in [0.1, 0.15) is 24.2 Å². The lowest BCUT2D eigenvalue weighted by Crippen LogP contribution is -2.25. The van der Waals surface area contributed by atoms with Crippen LogP contribution >= 0.6 is 0 Å². The molecule has 0 fully saturated rings. The van der Waals surface area contributed by atoms with Gasteiger partial charge in [0, 0.05) is 30.6 Å². The van der Waals surface area contributed by atoms with Crippen molar-refractivity contribution in [3.05, 3.63) is 90.5 Å². The van der Waals surface area contributed by atoms with Gasteiger partial charge < -0.3 is 10.1 Å². The van der Waals surface area contributed by atoms with Gasteiger partial charge >= 0.3 is 0 Å². The van der Waals surface area contributed by atoms with E-state index in [1.165, 1.54) is 29.5 Å². The van der Waals surface area contributed by atoms with Crippen LogP contribution in [0, 0.1) is 5.82 Å². The van der Waals surface area contributed by atoms with Crippen LogP contribution in [0.3, 0.4) is 0 Å². The number of aromatic nitrogens is 5. The highest BCUT2D eigenvalue weighted by Crippen LogP contribution is 2.23.